The van der Waals surface area contributed by atoms with E-state index in [4.69, 9.17) is 20.6 Å². The van der Waals surface area contributed by atoms with Crippen LogP contribution in [0.4, 0.5) is 4.79 Å². The summed E-state index contributed by atoms with van der Waals surface area (Å²) in [5.74, 6) is 0.334. The first-order valence-corrected chi connectivity index (χ1v) is 8.07. The van der Waals surface area contributed by atoms with Gasteiger partial charge in [-0.25, -0.2) is 9.79 Å². The third kappa shape index (κ3) is 6.39. The maximum atomic E-state index is 12.0. The predicted octanol–water partition coefficient (Wildman–Crippen LogP) is 1.36. The molecule has 1 aromatic heterocycles. The van der Waals surface area contributed by atoms with Crippen LogP contribution in [-0.4, -0.2) is 59.5 Å². The third-order valence-corrected chi connectivity index (χ3v) is 3.56. The zero-order valence-corrected chi connectivity index (χ0v) is 17.6. The topological polar surface area (TPSA) is 127 Å². The minimum Gasteiger partial charge on any atom is -0.454 e. The highest BCUT2D eigenvalue weighted by atomic mass is 127. The number of carbonyl (C=O) groups is 2. The molecule has 26 heavy (non-hydrogen) atoms. The Morgan fingerprint density at radius 1 is 1.15 bits per heavy atom. The number of ether oxygens (including phenoxy) is 1. The molecular formula is C16H26IN5O4. The van der Waals surface area contributed by atoms with Crippen LogP contribution in [0.1, 0.15) is 37.1 Å². The van der Waals surface area contributed by atoms with Gasteiger partial charge in [0.25, 0.3) is 5.91 Å². The summed E-state index contributed by atoms with van der Waals surface area (Å²) in [6.45, 7) is 7.89. The van der Waals surface area contributed by atoms with Crippen molar-refractivity contribution in [2.45, 2.75) is 32.9 Å². The highest BCUT2D eigenvalue weighted by molar-refractivity contribution is 14.0. The fourth-order valence-electron chi connectivity index (χ4n) is 2.30. The van der Waals surface area contributed by atoms with Crippen molar-refractivity contribution in [3.63, 3.8) is 0 Å². The summed E-state index contributed by atoms with van der Waals surface area (Å²) in [7, 11) is 0. The van der Waals surface area contributed by atoms with Crippen LogP contribution >= 0.6 is 24.0 Å². The summed E-state index contributed by atoms with van der Waals surface area (Å²) >= 11 is 0. The number of guanidine groups is 1. The molecule has 2 amide bonds. The lowest BCUT2D eigenvalue weighted by Gasteiger charge is -2.36. The van der Waals surface area contributed by atoms with E-state index in [0.717, 1.165) is 0 Å². The fraction of sp³-hybridized carbons (Fsp3) is 0.562. The Morgan fingerprint density at radius 3 is 2.23 bits per heavy atom. The molecule has 1 aromatic rings. The number of rotatable bonds is 3. The van der Waals surface area contributed by atoms with Gasteiger partial charge in [-0.2, -0.15) is 0 Å². The average Bonchev–Trinajstić information content (AvgIpc) is 3.00. The Hall–Kier alpha value is -1.98. The number of carbonyl (C=O) groups excluding carboxylic acids is 2. The number of amides is 2. The van der Waals surface area contributed by atoms with Crippen molar-refractivity contribution in [1.29, 1.82) is 0 Å². The molecule has 0 aromatic carbocycles. The van der Waals surface area contributed by atoms with E-state index in [0.29, 0.717) is 37.9 Å². The number of aliphatic imine (C=N–C) groups is 1. The fourth-order valence-corrected chi connectivity index (χ4v) is 2.30. The molecule has 0 unspecified atom stereocenters. The van der Waals surface area contributed by atoms with Gasteiger partial charge in [0.1, 0.15) is 17.9 Å². The second-order valence-electron chi connectivity index (χ2n) is 6.76. The van der Waals surface area contributed by atoms with E-state index in [1.807, 2.05) is 25.7 Å². The maximum absolute atomic E-state index is 12.0. The summed E-state index contributed by atoms with van der Waals surface area (Å²) in [5.41, 5.74) is 10.6. The summed E-state index contributed by atoms with van der Waals surface area (Å²) in [6.07, 6.45) is -0.322. The van der Waals surface area contributed by atoms with E-state index in [9.17, 15) is 9.59 Å². The largest absolute Gasteiger partial charge is 0.454 e. The zero-order valence-electron chi connectivity index (χ0n) is 15.2. The standard InChI is InChI=1S/C16H25N5O4.HI/c1-16(2,3)25-15(23)21-8-6-20(7-9-21)14(18)19-10-11-4-5-12(24-11)13(17)22;/h4-5H,6-10H2,1-3H3,(H2,17,22)(H2,18,19);1H. The Kier molecular flexibility index (Phi) is 7.72. The van der Waals surface area contributed by atoms with Crippen molar-refractivity contribution in [1.82, 2.24) is 9.80 Å². The number of hydrogen-bond acceptors (Lipinski definition) is 5. The van der Waals surface area contributed by atoms with Gasteiger partial charge in [-0.3, -0.25) is 4.79 Å². The van der Waals surface area contributed by atoms with E-state index in [2.05, 4.69) is 4.99 Å². The molecule has 0 saturated carbocycles. The summed E-state index contributed by atoms with van der Waals surface area (Å²) in [4.78, 5) is 30.8. The zero-order chi connectivity index (χ0) is 18.6. The molecule has 2 rings (SSSR count). The molecule has 1 fully saturated rings. The maximum Gasteiger partial charge on any atom is 0.410 e. The lowest BCUT2D eigenvalue weighted by Crippen LogP contribution is -2.53. The van der Waals surface area contributed by atoms with Gasteiger partial charge in [0.15, 0.2) is 11.7 Å². The Bertz CT molecular complexity index is 660. The number of nitrogens with two attached hydrogens (primary N) is 2. The first-order valence-electron chi connectivity index (χ1n) is 8.07. The molecule has 0 spiro atoms. The molecule has 0 bridgehead atoms. The van der Waals surface area contributed by atoms with Crippen molar-refractivity contribution >= 4 is 41.9 Å². The molecule has 10 heteroatoms. The van der Waals surface area contributed by atoms with E-state index in [1.165, 1.54) is 6.07 Å². The molecule has 4 N–H and O–H groups in total. The number of piperazine rings is 1. The van der Waals surface area contributed by atoms with Gasteiger partial charge >= 0.3 is 6.09 Å². The van der Waals surface area contributed by atoms with Gasteiger partial charge in [-0.05, 0) is 32.9 Å². The van der Waals surface area contributed by atoms with Crippen LogP contribution in [0.2, 0.25) is 0 Å². The first-order chi connectivity index (χ1) is 11.7. The average molecular weight is 479 g/mol. The van der Waals surface area contributed by atoms with Crippen LogP contribution in [-0.2, 0) is 11.3 Å². The summed E-state index contributed by atoms with van der Waals surface area (Å²) in [6, 6.07) is 3.14. The molecule has 1 aliphatic heterocycles. The summed E-state index contributed by atoms with van der Waals surface area (Å²) < 4.78 is 10.6. The molecule has 9 nitrogen and oxygen atoms in total. The van der Waals surface area contributed by atoms with Gasteiger partial charge in [0, 0.05) is 26.2 Å². The molecule has 0 radical (unpaired) electrons. The van der Waals surface area contributed by atoms with Gasteiger partial charge in [0.05, 0.1) is 0 Å². The van der Waals surface area contributed by atoms with Gasteiger partial charge < -0.3 is 30.4 Å². The van der Waals surface area contributed by atoms with Crippen molar-refractivity contribution in [2.24, 2.45) is 16.5 Å². The lowest BCUT2D eigenvalue weighted by atomic mass is 10.2. The van der Waals surface area contributed by atoms with E-state index in [1.54, 1.807) is 11.0 Å². The molecule has 0 atom stereocenters. The predicted molar refractivity (Wildman–Crippen MR) is 107 cm³/mol. The number of primary amides is 1. The number of hydrogen-bond donors (Lipinski definition) is 2. The van der Waals surface area contributed by atoms with Crippen molar-refractivity contribution in [2.75, 3.05) is 26.2 Å². The van der Waals surface area contributed by atoms with Crippen molar-refractivity contribution in [3.05, 3.63) is 23.7 Å². The SMILES string of the molecule is CC(C)(C)OC(=O)N1CCN(C(N)=NCc2ccc(C(N)=O)o2)CC1.I. The smallest absolute Gasteiger partial charge is 0.410 e. The second-order valence-corrected chi connectivity index (χ2v) is 6.76. The van der Waals surface area contributed by atoms with Gasteiger partial charge in [-0.15, -0.1) is 24.0 Å². The second kappa shape index (κ2) is 9.10. The molecule has 2 heterocycles. The van der Waals surface area contributed by atoms with E-state index >= 15 is 0 Å². The minimum absolute atomic E-state index is 0. The third-order valence-electron chi connectivity index (χ3n) is 3.56. The van der Waals surface area contributed by atoms with Crippen LogP contribution < -0.4 is 11.5 Å². The van der Waals surface area contributed by atoms with Crippen LogP contribution in [0.15, 0.2) is 21.5 Å². The Labute approximate surface area is 169 Å². The lowest BCUT2D eigenvalue weighted by molar-refractivity contribution is 0.0186. The van der Waals surface area contributed by atoms with Crippen molar-refractivity contribution in [3.8, 4) is 0 Å². The van der Waals surface area contributed by atoms with Gasteiger partial charge in [-0.1, -0.05) is 0 Å². The molecule has 0 aliphatic carbocycles. The molecular weight excluding hydrogens is 453 g/mol. The quantitative estimate of drug-likeness (QED) is 0.383. The van der Waals surface area contributed by atoms with Crippen LogP contribution in [0.25, 0.3) is 0 Å². The highest BCUT2D eigenvalue weighted by Crippen LogP contribution is 2.12. The van der Waals surface area contributed by atoms with Crippen LogP contribution in [0.3, 0.4) is 0 Å². The highest BCUT2D eigenvalue weighted by Gasteiger charge is 2.26. The number of nitrogens with zero attached hydrogens (tertiary/aromatic N) is 3. The molecule has 1 saturated heterocycles. The monoisotopic (exact) mass is 479 g/mol. The van der Waals surface area contributed by atoms with E-state index < -0.39 is 11.5 Å². The van der Waals surface area contributed by atoms with Gasteiger partial charge in [0.2, 0.25) is 0 Å². The number of halogens is 1. The normalized spacial score (nSPS) is 15.4. The van der Waals surface area contributed by atoms with Crippen molar-refractivity contribution < 1.29 is 18.7 Å². The van der Waals surface area contributed by atoms with Crippen LogP contribution in [0.5, 0.6) is 0 Å². The Morgan fingerprint density at radius 2 is 1.73 bits per heavy atom. The van der Waals surface area contributed by atoms with E-state index in [-0.39, 0.29) is 42.4 Å². The van der Waals surface area contributed by atoms with Crippen LogP contribution in [0, 0.1) is 0 Å². The molecule has 146 valence electrons. The molecule has 1 aliphatic rings. The summed E-state index contributed by atoms with van der Waals surface area (Å²) in [5, 5.41) is 0. The Balaban J connectivity index is 0.00000338. The minimum atomic E-state index is -0.624. The first kappa shape index (κ1) is 22.1. The number of furan rings is 1.